The van der Waals surface area contributed by atoms with Gasteiger partial charge in [0.15, 0.2) is 0 Å². The maximum atomic E-state index is 9.26. The quantitative estimate of drug-likeness (QED) is 0.885. The van der Waals surface area contributed by atoms with Gasteiger partial charge >= 0.3 is 0 Å². The first kappa shape index (κ1) is 13.1. The first-order valence-electron chi connectivity index (χ1n) is 6.52. The van der Waals surface area contributed by atoms with E-state index in [1.54, 1.807) is 0 Å². The Morgan fingerprint density at radius 1 is 1.44 bits per heavy atom. The summed E-state index contributed by atoms with van der Waals surface area (Å²) in [5, 5.41) is 12.5. The molecule has 0 radical (unpaired) electrons. The van der Waals surface area contributed by atoms with Crippen molar-refractivity contribution in [3.05, 3.63) is 34.9 Å². The molecule has 1 heterocycles. The summed E-state index contributed by atoms with van der Waals surface area (Å²) in [6.07, 6.45) is 2.50. The van der Waals surface area contributed by atoms with Crippen molar-refractivity contribution in [2.75, 3.05) is 13.2 Å². The van der Waals surface area contributed by atoms with Gasteiger partial charge in [0, 0.05) is 13.2 Å². The zero-order valence-electron chi connectivity index (χ0n) is 11.1. The van der Waals surface area contributed by atoms with E-state index in [0.717, 1.165) is 31.6 Å². The maximum absolute atomic E-state index is 9.26. The molecule has 1 aliphatic rings. The summed E-state index contributed by atoms with van der Waals surface area (Å²) in [5.41, 5.74) is 3.53. The second-order valence-electron chi connectivity index (χ2n) is 4.95. The van der Waals surface area contributed by atoms with Crippen molar-refractivity contribution in [1.29, 1.82) is 5.26 Å². The Morgan fingerprint density at radius 3 is 2.89 bits per heavy atom. The molecule has 3 heteroatoms. The van der Waals surface area contributed by atoms with Crippen LogP contribution in [0.2, 0.25) is 0 Å². The van der Waals surface area contributed by atoms with E-state index in [1.165, 1.54) is 11.1 Å². The van der Waals surface area contributed by atoms with Crippen LogP contribution >= 0.6 is 0 Å². The molecular weight excluding hydrogens is 224 g/mol. The topological polar surface area (TPSA) is 45.0 Å². The van der Waals surface area contributed by atoms with E-state index in [9.17, 15) is 5.26 Å². The lowest BCUT2D eigenvalue weighted by Crippen LogP contribution is -2.29. The number of nitrogens with zero attached hydrogens (tertiary/aromatic N) is 1. The van der Waals surface area contributed by atoms with Gasteiger partial charge in [-0.25, -0.2) is 0 Å². The smallest absolute Gasteiger partial charge is 0.121 e. The lowest BCUT2D eigenvalue weighted by molar-refractivity contribution is 0.109. The van der Waals surface area contributed by atoms with E-state index in [1.807, 2.05) is 6.07 Å². The molecule has 96 valence electrons. The molecule has 2 atom stereocenters. The number of hydrogen-bond acceptors (Lipinski definition) is 3. The summed E-state index contributed by atoms with van der Waals surface area (Å²) >= 11 is 0. The van der Waals surface area contributed by atoms with Crippen molar-refractivity contribution in [3.8, 4) is 6.07 Å². The molecule has 0 bridgehead atoms. The molecule has 18 heavy (non-hydrogen) atoms. The Balaban J connectivity index is 1.99. The molecule has 2 unspecified atom stereocenters. The van der Waals surface area contributed by atoms with Gasteiger partial charge in [0.2, 0.25) is 0 Å². The number of hydrogen-bond donors (Lipinski definition) is 1. The van der Waals surface area contributed by atoms with Crippen LogP contribution in [0.5, 0.6) is 0 Å². The van der Waals surface area contributed by atoms with Crippen molar-refractivity contribution in [1.82, 2.24) is 5.32 Å². The van der Waals surface area contributed by atoms with Crippen LogP contribution in [0.15, 0.2) is 18.2 Å². The van der Waals surface area contributed by atoms with E-state index < -0.39 is 0 Å². The molecule has 0 amide bonds. The van der Waals surface area contributed by atoms with Crippen LogP contribution < -0.4 is 5.32 Å². The van der Waals surface area contributed by atoms with Crippen LogP contribution in [0.25, 0.3) is 0 Å². The SMILES string of the molecule is Cc1ccc(C(C#N)NCC2CCCO2)cc1C. The Labute approximate surface area is 109 Å². The highest BCUT2D eigenvalue weighted by Gasteiger charge is 2.18. The summed E-state index contributed by atoms with van der Waals surface area (Å²) in [4.78, 5) is 0. The van der Waals surface area contributed by atoms with Gasteiger partial charge < -0.3 is 4.74 Å². The first-order chi connectivity index (χ1) is 8.70. The van der Waals surface area contributed by atoms with Crippen LogP contribution in [0, 0.1) is 25.2 Å². The Kier molecular flexibility index (Phi) is 4.35. The third-order valence-electron chi connectivity index (χ3n) is 3.57. The molecular formula is C15H20N2O. The Bertz CT molecular complexity index is 444. The van der Waals surface area contributed by atoms with Crippen molar-refractivity contribution in [3.63, 3.8) is 0 Å². The lowest BCUT2D eigenvalue weighted by atomic mass is 10.0. The standard InChI is InChI=1S/C15H20N2O/c1-11-5-6-13(8-12(11)2)15(9-16)17-10-14-4-3-7-18-14/h5-6,8,14-15,17H,3-4,7,10H2,1-2H3. The monoisotopic (exact) mass is 244 g/mol. The zero-order chi connectivity index (χ0) is 13.0. The van der Waals surface area contributed by atoms with Gasteiger partial charge in [0.1, 0.15) is 6.04 Å². The fraction of sp³-hybridized carbons (Fsp3) is 0.533. The number of nitrogens with one attached hydrogen (secondary N) is 1. The predicted octanol–water partition coefficient (Wildman–Crippen LogP) is 2.64. The number of ether oxygens (including phenoxy) is 1. The van der Waals surface area contributed by atoms with Gasteiger partial charge in [-0.2, -0.15) is 5.26 Å². The average molecular weight is 244 g/mol. The number of nitriles is 1. The fourth-order valence-electron chi connectivity index (χ4n) is 2.24. The molecule has 0 spiro atoms. The summed E-state index contributed by atoms with van der Waals surface area (Å²) in [6, 6.07) is 8.27. The van der Waals surface area contributed by atoms with Gasteiger partial charge in [0.05, 0.1) is 12.2 Å². The molecule has 1 aromatic rings. The van der Waals surface area contributed by atoms with E-state index in [-0.39, 0.29) is 12.1 Å². The number of aryl methyl sites for hydroxylation is 2. The largest absolute Gasteiger partial charge is 0.377 e. The molecule has 2 rings (SSSR count). The molecule has 1 fully saturated rings. The number of rotatable bonds is 4. The van der Waals surface area contributed by atoms with Crippen LogP contribution in [0.1, 0.15) is 35.6 Å². The second-order valence-corrected chi connectivity index (χ2v) is 4.95. The minimum atomic E-state index is -0.242. The van der Waals surface area contributed by atoms with Gasteiger partial charge in [0.25, 0.3) is 0 Å². The first-order valence-corrected chi connectivity index (χ1v) is 6.52. The molecule has 1 saturated heterocycles. The van der Waals surface area contributed by atoms with Crippen molar-refractivity contribution in [2.45, 2.75) is 38.8 Å². The van der Waals surface area contributed by atoms with Crippen molar-refractivity contribution >= 4 is 0 Å². The zero-order valence-corrected chi connectivity index (χ0v) is 11.1. The van der Waals surface area contributed by atoms with Gasteiger partial charge in [-0.1, -0.05) is 18.2 Å². The average Bonchev–Trinajstić information content (AvgIpc) is 2.87. The Hall–Kier alpha value is -1.37. The van der Waals surface area contributed by atoms with Gasteiger partial charge in [-0.15, -0.1) is 0 Å². The summed E-state index contributed by atoms with van der Waals surface area (Å²) < 4.78 is 5.55. The van der Waals surface area contributed by atoms with Crippen LogP contribution in [-0.2, 0) is 4.74 Å². The van der Waals surface area contributed by atoms with E-state index in [4.69, 9.17) is 4.74 Å². The summed E-state index contributed by atoms with van der Waals surface area (Å²) in [7, 11) is 0. The van der Waals surface area contributed by atoms with Crippen LogP contribution in [-0.4, -0.2) is 19.3 Å². The van der Waals surface area contributed by atoms with Crippen LogP contribution in [0.4, 0.5) is 0 Å². The minimum Gasteiger partial charge on any atom is -0.377 e. The third-order valence-corrected chi connectivity index (χ3v) is 3.57. The third kappa shape index (κ3) is 3.10. The van der Waals surface area contributed by atoms with E-state index in [2.05, 4.69) is 37.4 Å². The highest BCUT2D eigenvalue weighted by Crippen LogP contribution is 2.18. The maximum Gasteiger partial charge on any atom is 0.121 e. The minimum absolute atomic E-state index is 0.242. The molecule has 0 aliphatic carbocycles. The molecule has 3 nitrogen and oxygen atoms in total. The Morgan fingerprint density at radius 2 is 2.28 bits per heavy atom. The highest BCUT2D eigenvalue weighted by molar-refractivity contribution is 5.33. The highest BCUT2D eigenvalue weighted by atomic mass is 16.5. The predicted molar refractivity (Wildman–Crippen MR) is 71.2 cm³/mol. The summed E-state index contributed by atoms with van der Waals surface area (Å²) in [6.45, 7) is 5.77. The molecule has 1 N–H and O–H groups in total. The lowest BCUT2D eigenvalue weighted by Gasteiger charge is -2.16. The molecule has 1 aromatic carbocycles. The van der Waals surface area contributed by atoms with Crippen molar-refractivity contribution in [2.24, 2.45) is 0 Å². The fourth-order valence-corrected chi connectivity index (χ4v) is 2.24. The summed E-state index contributed by atoms with van der Waals surface area (Å²) in [5.74, 6) is 0. The van der Waals surface area contributed by atoms with E-state index >= 15 is 0 Å². The molecule has 0 aromatic heterocycles. The van der Waals surface area contributed by atoms with Gasteiger partial charge in [-0.05, 0) is 43.4 Å². The second kappa shape index (κ2) is 5.99. The normalized spacial score (nSPS) is 20.6. The van der Waals surface area contributed by atoms with E-state index in [0.29, 0.717) is 0 Å². The molecule has 0 saturated carbocycles. The molecule has 1 aliphatic heterocycles. The van der Waals surface area contributed by atoms with Gasteiger partial charge in [-0.3, -0.25) is 5.32 Å². The van der Waals surface area contributed by atoms with Crippen molar-refractivity contribution < 1.29 is 4.74 Å². The number of benzene rings is 1. The van der Waals surface area contributed by atoms with Crippen LogP contribution in [0.3, 0.4) is 0 Å².